The van der Waals surface area contributed by atoms with Gasteiger partial charge in [0, 0.05) is 26.4 Å². The number of nitrogens with zero attached hydrogens (tertiary/aromatic N) is 3. The second kappa shape index (κ2) is 9.71. The highest BCUT2D eigenvalue weighted by atomic mass is 32.1. The van der Waals surface area contributed by atoms with Crippen LogP contribution in [0.15, 0.2) is 152 Å². The van der Waals surface area contributed by atoms with E-state index in [1.165, 1.54) is 58.6 Å². The third kappa shape index (κ3) is 3.63. The van der Waals surface area contributed by atoms with Crippen molar-refractivity contribution in [1.82, 2.24) is 14.5 Å². The van der Waals surface area contributed by atoms with E-state index in [9.17, 15) is 0 Å². The largest absolute Gasteiger partial charge is 0.278 e. The first-order chi connectivity index (χ1) is 23.8. The van der Waals surface area contributed by atoms with E-state index >= 15 is 0 Å². The van der Waals surface area contributed by atoms with Gasteiger partial charge in [0.05, 0.1) is 26.9 Å². The smallest absolute Gasteiger partial charge is 0.235 e. The Hall–Kier alpha value is -6.10. The lowest BCUT2D eigenvalue weighted by molar-refractivity contribution is 1.02. The van der Waals surface area contributed by atoms with E-state index in [1.807, 2.05) is 0 Å². The minimum atomic E-state index is 0.685. The Balaban J connectivity index is 1.27. The van der Waals surface area contributed by atoms with Crippen LogP contribution in [-0.2, 0) is 0 Å². The molecule has 0 unspecified atom stereocenters. The summed E-state index contributed by atoms with van der Waals surface area (Å²) in [5.41, 5.74) is 5.26. The van der Waals surface area contributed by atoms with E-state index in [2.05, 4.69) is 156 Å². The average Bonchev–Trinajstić information content (AvgIpc) is 3.68. The molecule has 0 bridgehead atoms. The summed E-state index contributed by atoms with van der Waals surface area (Å²) < 4.78 is 4.61. The lowest BCUT2D eigenvalue weighted by atomic mass is 9.99. The molecule has 0 fully saturated rings. The third-order valence-corrected chi connectivity index (χ3v) is 11.1. The Bertz CT molecular complexity index is 3130. The zero-order chi connectivity index (χ0) is 31.3. The van der Waals surface area contributed by atoms with E-state index in [0.29, 0.717) is 5.95 Å². The molecule has 3 heterocycles. The highest BCUT2D eigenvalue weighted by Crippen LogP contribution is 2.42. The number of rotatable bonds is 2. The average molecular weight is 628 g/mol. The SMILES string of the molecule is c1ccc2cc3c(cc2c1)c1c2ccccc2ccc1n3-c1nc(-c2ccc3c(ccc4ccccc43)c2)c2sc3ccccc3c2n1. The number of fused-ring (bicyclic) bond motifs is 12. The van der Waals surface area contributed by atoms with Crippen LogP contribution in [0.4, 0.5) is 0 Å². The van der Waals surface area contributed by atoms with Crippen molar-refractivity contribution in [2.24, 2.45) is 0 Å². The van der Waals surface area contributed by atoms with Gasteiger partial charge in [-0.2, -0.15) is 0 Å². The fourth-order valence-corrected chi connectivity index (χ4v) is 8.88. The van der Waals surface area contributed by atoms with Crippen molar-refractivity contribution in [3.8, 4) is 17.2 Å². The van der Waals surface area contributed by atoms with Crippen molar-refractivity contribution in [3.05, 3.63) is 152 Å². The second-order valence-electron chi connectivity index (χ2n) is 12.6. The zero-order valence-corrected chi connectivity index (χ0v) is 26.5. The summed E-state index contributed by atoms with van der Waals surface area (Å²) in [6, 6.07) is 54.8. The molecule has 11 rings (SSSR count). The van der Waals surface area contributed by atoms with Gasteiger partial charge in [-0.25, -0.2) is 9.97 Å². The summed E-state index contributed by atoms with van der Waals surface area (Å²) in [4.78, 5) is 10.9. The minimum absolute atomic E-state index is 0.685. The molecule has 3 aromatic heterocycles. The van der Waals surface area contributed by atoms with E-state index in [1.54, 1.807) is 11.3 Å². The van der Waals surface area contributed by atoms with Crippen LogP contribution in [0.2, 0.25) is 0 Å². The summed E-state index contributed by atoms with van der Waals surface area (Å²) in [7, 11) is 0. The maximum absolute atomic E-state index is 5.50. The predicted molar refractivity (Wildman–Crippen MR) is 205 cm³/mol. The Labute approximate surface area is 278 Å². The van der Waals surface area contributed by atoms with Gasteiger partial charge in [0.25, 0.3) is 0 Å². The molecule has 0 saturated heterocycles. The quantitative estimate of drug-likeness (QED) is 0.179. The van der Waals surface area contributed by atoms with Crippen molar-refractivity contribution in [2.75, 3.05) is 0 Å². The van der Waals surface area contributed by atoms with Crippen LogP contribution in [0.3, 0.4) is 0 Å². The first-order valence-corrected chi connectivity index (χ1v) is 17.1. The summed E-state index contributed by atoms with van der Waals surface area (Å²) >= 11 is 1.77. The van der Waals surface area contributed by atoms with E-state index in [0.717, 1.165) is 37.9 Å². The molecular formula is C44H25N3S. The molecular weight excluding hydrogens is 603 g/mol. The maximum atomic E-state index is 5.50. The van der Waals surface area contributed by atoms with Crippen molar-refractivity contribution >= 4 is 96.5 Å². The highest BCUT2D eigenvalue weighted by Gasteiger charge is 2.21. The van der Waals surface area contributed by atoms with Gasteiger partial charge in [0.1, 0.15) is 0 Å². The zero-order valence-electron chi connectivity index (χ0n) is 25.7. The van der Waals surface area contributed by atoms with E-state index in [-0.39, 0.29) is 0 Å². The van der Waals surface area contributed by atoms with Crippen LogP contribution in [0.5, 0.6) is 0 Å². The Morgan fingerprint density at radius 1 is 0.438 bits per heavy atom. The topological polar surface area (TPSA) is 30.7 Å². The Kier molecular flexibility index (Phi) is 5.26. The van der Waals surface area contributed by atoms with Crippen molar-refractivity contribution in [3.63, 3.8) is 0 Å². The summed E-state index contributed by atoms with van der Waals surface area (Å²) in [6.07, 6.45) is 0. The molecule has 0 atom stereocenters. The van der Waals surface area contributed by atoms with Crippen LogP contribution in [0.25, 0.3) is 102 Å². The fourth-order valence-electron chi connectivity index (χ4n) is 7.72. The van der Waals surface area contributed by atoms with Gasteiger partial charge in [-0.05, 0) is 73.4 Å². The van der Waals surface area contributed by atoms with Gasteiger partial charge in [0.2, 0.25) is 5.95 Å². The van der Waals surface area contributed by atoms with Gasteiger partial charge < -0.3 is 0 Å². The fraction of sp³-hybridized carbons (Fsp3) is 0. The number of hydrogen-bond donors (Lipinski definition) is 0. The highest BCUT2D eigenvalue weighted by molar-refractivity contribution is 7.26. The molecule has 11 aromatic rings. The first-order valence-electron chi connectivity index (χ1n) is 16.2. The molecule has 0 amide bonds. The molecule has 48 heavy (non-hydrogen) atoms. The van der Waals surface area contributed by atoms with Crippen molar-refractivity contribution < 1.29 is 0 Å². The normalized spacial score (nSPS) is 12.2. The van der Waals surface area contributed by atoms with Gasteiger partial charge >= 0.3 is 0 Å². The van der Waals surface area contributed by atoms with Crippen molar-refractivity contribution in [2.45, 2.75) is 0 Å². The Morgan fingerprint density at radius 2 is 1.08 bits per heavy atom. The minimum Gasteiger partial charge on any atom is -0.278 e. The first kappa shape index (κ1) is 26.0. The summed E-state index contributed by atoms with van der Waals surface area (Å²) in [5, 5.41) is 13.4. The lowest BCUT2D eigenvalue weighted by Gasteiger charge is -2.11. The van der Waals surface area contributed by atoms with E-state index in [4.69, 9.17) is 9.97 Å². The van der Waals surface area contributed by atoms with Gasteiger partial charge in [-0.1, -0.05) is 121 Å². The molecule has 3 nitrogen and oxygen atoms in total. The van der Waals surface area contributed by atoms with Crippen LogP contribution in [-0.4, -0.2) is 14.5 Å². The molecule has 0 N–H and O–H groups in total. The van der Waals surface area contributed by atoms with Gasteiger partial charge in [-0.3, -0.25) is 4.57 Å². The number of hydrogen-bond acceptors (Lipinski definition) is 3. The molecule has 0 radical (unpaired) electrons. The number of aromatic nitrogens is 3. The maximum Gasteiger partial charge on any atom is 0.235 e. The molecule has 222 valence electrons. The van der Waals surface area contributed by atoms with Crippen molar-refractivity contribution in [1.29, 1.82) is 0 Å². The summed E-state index contributed by atoms with van der Waals surface area (Å²) in [5.74, 6) is 0.685. The second-order valence-corrected chi connectivity index (χ2v) is 13.7. The van der Waals surface area contributed by atoms with Crippen LogP contribution < -0.4 is 0 Å². The molecule has 8 aromatic carbocycles. The molecule has 4 heteroatoms. The molecule has 0 saturated carbocycles. The molecule has 0 spiro atoms. The molecule has 0 aliphatic heterocycles. The molecule has 0 aliphatic carbocycles. The van der Waals surface area contributed by atoms with E-state index < -0.39 is 0 Å². The number of thiophene rings is 1. The Morgan fingerprint density at radius 3 is 1.94 bits per heavy atom. The molecule has 0 aliphatic rings. The third-order valence-electron chi connectivity index (χ3n) is 9.95. The standard InChI is InChI=1S/C44H25N3S/c1-2-12-29-25-38-36(24-28(29)11-1)40-34-14-6-4-10-27(34)20-22-37(40)47(38)44-45-41(43-42(46-44)35-15-7-8-16-39(35)48-43)31-19-21-33-30(23-31)18-17-26-9-3-5-13-32(26)33/h1-25H. The van der Waals surface area contributed by atoms with Gasteiger partial charge in [0.15, 0.2) is 0 Å². The number of benzene rings is 8. The van der Waals surface area contributed by atoms with Crippen LogP contribution in [0, 0.1) is 0 Å². The monoisotopic (exact) mass is 627 g/mol. The van der Waals surface area contributed by atoms with Gasteiger partial charge in [-0.15, -0.1) is 11.3 Å². The lowest BCUT2D eigenvalue weighted by Crippen LogP contribution is -2.02. The van der Waals surface area contributed by atoms with Crippen LogP contribution in [0.1, 0.15) is 0 Å². The predicted octanol–water partition coefficient (Wildman–Crippen LogP) is 12.2. The van der Waals surface area contributed by atoms with Crippen LogP contribution >= 0.6 is 11.3 Å². The summed E-state index contributed by atoms with van der Waals surface area (Å²) in [6.45, 7) is 0.